The van der Waals surface area contributed by atoms with E-state index in [0.717, 1.165) is 20.1 Å². The van der Waals surface area contributed by atoms with Gasteiger partial charge in [-0.15, -0.1) is 0 Å². The molecule has 3 aromatic rings. The van der Waals surface area contributed by atoms with Crippen LogP contribution in [0.2, 0.25) is 5.15 Å². The number of aryl methyl sites for hydroxylation is 1. The second kappa shape index (κ2) is 10.0. The topological polar surface area (TPSA) is 63.6 Å². The summed E-state index contributed by atoms with van der Waals surface area (Å²) in [7, 11) is 0. The number of nitrogens with zero attached hydrogens (tertiary/aromatic N) is 2. The van der Waals surface area contributed by atoms with Gasteiger partial charge in [-0.1, -0.05) is 41.4 Å². The molecule has 8 heteroatoms. The third kappa shape index (κ3) is 5.88. The first-order chi connectivity index (χ1) is 13.9. The van der Waals surface area contributed by atoms with E-state index in [2.05, 4.69) is 59.5 Å². The van der Waals surface area contributed by atoms with E-state index in [1.807, 2.05) is 31.2 Å². The van der Waals surface area contributed by atoms with Crippen LogP contribution in [0, 0.1) is 6.92 Å². The Morgan fingerprint density at radius 1 is 1.21 bits per heavy atom. The third-order valence-electron chi connectivity index (χ3n) is 3.91. The van der Waals surface area contributed by atoms with Crippen molar-refractivity contribution < 1.29 is 9.53 Å². The lowest BCUT2D eigenvalue weighted by atomic mass is 10.2. The molecule has 1 amide bonds. The maximum Gasteiger partial charge on any atom is 0.274 e. The summed E-state index contributed by atoms with van der Waals surface area (Å²) < 4.78 is 7.46. The highest BCUT2D eigenvalue weighted by molar-refractivity contribution is 9.11. The predicted molar refractivity (Wildman–Crippen MR) is 122 cm³/mol. The van der Waals surface area contributed by atoms with Gasteiger partial charge in [0.1, 0.15) is 17.5 Å². The molecule has 0 aliphatic heterocycles. The monoisotopic (exact) mass is 535 g/mol. The number of hydrogen-bond donors (Lipinski definition) is 1. The lowest BCUT2D eigenvalue weighted by Gasteiger charge is -2.11. The third-order valence-corrected chi connectivity index (χ3v) is 5.39. The van der Waals surface area contributed by atoms with Gasteiger partial charge in [-0.25, -0.2) is 10.4 Å². The fourth-order valence-electron chi connectivity index (χ4n) is 2.41. The summed E-state index contributed by atoms with van der Waals surface area (Å²) >= 11 is 12.9. The summed E-state index contributed by atoms with van der Waals surface area (Å²) in [6.07, 6.45) is 3.04. The van der Waals surface area contributed by atoms with Gasteiger partial charge in [0.15, 0.2) is 0 Å². The Labute approximate surface area is 190 Å². The smallest absolute Gasteiger partial charge is 0.274 e. The number of nitrogens with one attached hydrogen (secondary N) is 1. The number of hydrogen-bond acceptors (Lipinski definition) is 4. The zero-order valence-corrected chi connectivity index (χ0v) is 19.3. The number of pyridine rings is 1. The molecule has 0 fully saturated rings. The summed E-state index contributed by atoms with van der Waals surface area (Å²) in [5.41, 5.74) is 5.75. The van der Waals surface area contributed by atoms with Gasteiger partial charge in [-0.05, 0) is 74.2 Å². The number of hydrazone groups is 1. The molecule has 3 rings (SSSR count). The van der Waals surface area contributed by atoms with E-state index in [9.17, 15) is 4.79 Å². The Morgan fingerprint density at radius 2 is 1.90 bits per heavy atom. The summed E-state index contributed by atoms with van der Waals surface area (Å²) in [6.45, 7) is 2.50. The highest BCUT2D eigenvalue weighted by Crippen LogP contribution is 2.35. The largest absolute Gasteiger partial charge is 0.487 e. The SMILES string of the molecule is Cc1ccc(COc2c(Br)cc(C=NNC(=O)c3cccnc3Cl)cc2Br)cc1. The van der Waals surface area contributed by atoms with Crippen LogP contribution in [0.15, 0.2) is 68.8 Å². The summed E-state index contributed by atoms with van der Waals surface area (Å²) in [6, 6.07) is 15.1. The molecule has 1 heterocycles. The van der Waals surface area contributed by atoms with Crippen molar-refractivity contribution in [1.82, 2.24) is 10.4 Å². The van der Waals surface area contributed by atoms with Crippen molar-refractivity contribution in [3.63, 3.8) is 0 Å². The Bertz CT molecular complexity index is 1030. The fourth-order valence-corrected chi connectivity index (χ4v) is 4.07. The van der Waals surface area contributed by atoms with Gasteiger partial charge in [0, 0.05) is 6.20 Å². The molecule has 0 unspecified atom stereocenters. The minimum Gasteiger partial charge on any atom is -0.487 e. The molecule has 0 saturated heterocycles. The molecule has 0 atom stereocenters. The van der Waals surface area contributed by atoms with Crippen molar-refractivity contribution in [2.75, 3.05) is 0 Å². The van der Waals surface area contributed by atoms with Crippen molar-refractivity contribution >= 4 is 55.6 Å². The summed E-state index contributed by atoms with van der Waals surface area (Å²) in [4.78, 5) is 16.0. The Balaban J connectivity index is 1.65. The molecule has 1 aromatic heterocycles. The molecule has 0 radical (unpaired) electrons. The molecule has 1 N–H and O–H groups in total. The van der Waals surface area contributed by atoms with Crippen LogP contribution in [0.4, 0.5) is 0 Å². The maximum atomic E-state index is 12.1. The van der Waals surface area contributed by atoms with Gasteiger partial charge in [-0.2, -0.15) is 5.10 Å². The van der Waals surface area contributed by atoms with Crippen LogP contribution in [0.25, 0.3) is 0 Å². The van der Waals surface area contributed by atoms with Crippen molar-refractivity contribution in [3.05, 3.63) is 91.1 Å². The Kier molecular flexibility index (Phi) is 7.41. The van der Waals surface area contributed by atoms with Crippen LogP contribution in [-0.2, 0) is 6.61 Å². The first kappa shape index (κ1) is 21.5. The average molecular weight is 538 g/mol. The minimum atomic E-state index is -0.435. The first-order valence-corrected chi connectivity index (χ1v) is 10.5. The van der Waals surface area contributed by atoms with E-state index < -0.39 is 5.91 Å². The molecule has 0 aliphatic carbocycles. The standard InChI is InChI=1S/C21H16Br2ClN3O2/c1-13-4-6-14(7-5-13)12-29-19-17(22)9-15(10-18(19)23)11-26-27-21(28)16-3-2-8-25-20(16)24/h2-11H,12H2,1H3,(H,27,28). The van der Waals surface area contributed by atoms with Crippen molar-refractivity contribution in [2.45, 2.75) is 13.5 Å². The Morgan fingerprint density at radius 3 is 2.55 bits per heavy atom. The molecule has 148 valence electrons. The van der Waals surface area contributed by atoms with E-state index >= 15 is 0 Å². The average Bonchev–Trinajstić information content (AvgIpc) is 2.69. The van der Waals surface area contributed by atoms with Crippen LogP contribution in [-0.4, -0.2) is 17.1 Å². The van der Waals surface area contributed by atoms with Crippen LogP contribution in [0.3, 0.4) is 0 Å². The second-order valence-corrected chi connectivity index (χ2v) is 8.20. The van der Waals surface area contributed by atoms with Crippen LogP contribution in [0.1, 0.15) is 27.0 Å². The van der Waals surface area contributed by atoms with Crippen LogP contribution in [0.5, 0.6) is 5.75 Å². The summed E-state index contributed by atoms with van der Waals surface area (Å²) in [5.74, 6) is 0.254. The number of halogens is 3. The lowest BCUT2D eigenvalue weighted by molar-refractivity contribution is 0.0955. The number of carbonyl (C=O) groups excluding carboxylic acids is 1. The van der Waals surface area contributed by atoms with Crippen molar-refractivity contribution in [1.29, 1.82) is 0 Å². The molecule has 29 heavy (non-hydrogen) atoms. The fraction of sp³-hybridized carbons (Fsp3) is 0.0952. The highest BCUT2D eigenvalue weighted by Gasteiger charge is 2.11. The maximum absolute atomic E-state index is 12.1. The normalized spacial score (nSPS) is 10.9. The predicted octanol–water partition coefficient (Wildman–Crippen LogP) is 5.91. The molecule has 0 bridgehead atoms. The van der Waals surface area contributed by atoms with Gasteiger partial charge >= 0.3 is 0 Å². The molecule has 0 aliphatic rings. The van der Waals surface area contributed by atoms with E-state index in [0.29, 0.717) is 12.4 Å². The zero-order chi connectivity index (χ0) is 20.8. The van der Waals surface area contributed by atoms with E-state index in [4.69, 9.17) is 16.3 Å². The number of carbonyl (C=O) groups is 1. The summed E-state index contributed by atoms with van der Waals surface area (Å²) in [5, 5.41) is 4.10. The number of amides is 1. The van der Waals surface area contributed by atoms with E-state index in [-0.39, 0.29) is 10.7 Å². The zero-order valence-electron chi connectivity index (χ0n) is 15.3. The van der Waals surface area contributed by atoms with Gasteiger partial charge in [-0.3, -0.25) is 4.79 Å². The van der Waals surface area contributed by atoms with Gasteiger partial charge in [0.25, 0.3) is 5.91 Å². The molecular formula is C21H16Br2ClN3O2. The van der Waals surface area contributed by atoms with E-state index in [1.54, 1.807) is 12.1 Å². The van der Waals surface area contributed by atoms with Crippen molar-refractivity contribution in [3.8, 4) is 5.75 Å². The number of aromatic nitrogens is 1. The van der Waals surface area contributed by atoms with Gasteiger partial charge < -0.3 is 4.74 Å². The lowest BCUT2D eigenvalue weighted by Crippen LogP contribution is -2.18. The van der Waals surface area contributed by atoms with Gasteiger partial charge in [0.05, 0.1) is 20.7 Å². The highest BCUT2D eigenvalue weighted by atomic mass is 79.9. The van der Waals surface area contributed by atoms with E-state index in [1.165, 1.54) is 18.0 Å². The van der Waals surface area contributed by atoms with Crippen LogP contribution >= 0.6 is 43.5 Å². The first-order valence-electron chi connectivity index (χ1n) is 8.55. The van der Waals surface area contributed by atoms with Gasteiger partial charge in [0.2, 0.25) is 0 Å². The Hall–Kier alpha value is -2.22. The number of benzene rings is 2. The molecule has 5 nitrogen and oxygen atoms in total. The molecular weight excluding hydrogens is 522 g/mol. The number of rotatable bonds is 6. The van der Waals surface area contributed by atoms with Crippen LogP contribution < -0.4 is 10.2 Å². The minimum absolute atomic E-state index is 0.126. The number of ether oxygens (including phenoxy) is 1. The molecule has 0 spiro atoms. The van der Waals surface area contributed by atoms with Crippen molar-refractivity contribution in [2.24, 2.45) is 5.10 Å². The quantitative estimate of drug-likeness (QED) is 0.242. The molecule has 0 saturated carbocycles. The second-order valence-electron chi connectivity index (χ2n) is 6.13. The molecule has 2 aromatic carbocycles.